The number of nitrogens with zero attached hydrogens (tertiary/aromatic N) is 2. The van der Waals surface area contributed by atoms with E-state index < -0.39 is 0 Å². The molecule has 0 aliphatic heterocycles. The zero-order chi connectivity index (χ0) is 22.8. The van der Waals surface area contributed by atoms with Crippen molar-refractivity contribution in [3.8, 4) is 23.1 Å². The first-order valence-corrected chi connectivity index (χ1v) is 11.2. The van der Waals surface area contributed by atoms with Crippen molar-refractivity contribution in [2.75, 3.05) is 5.32 Å². The molecule has 0 aliphatic carbocycles. The Hall–Kier alpha value is -3.69. The Labute approximate surface area is 191 Å². The lowest BCUT2D eigenvalue weighted by molar-refractivity contribution is 0.102. The lowest BCUT2D eigenvalue weighted by Gasteiger charge is -2.13. The number of para-hydroxylation sites is 1. The fraction of sp³-hybridized carbons (Fsp3) is 0.192. The molecule has 2 aromatic carbocycles. The molecule has 160 valence electrons. The van der Waals surface area contributed by atoms with Gasteiger partial charge in [0.25, 0.3) is 5.91 Å². The number of rotatable bonds is 5. The third-order valence-corrected chi connectivity index (χ3v) is 6.31. The normalized spacial score (nSPS) is 10.9. The number of aryl methyl sites for hydroxylation is 1. The Morgan fingerprint density at radius 2 is 1.91 bits per heavy atom. The topological polar surface area (TPSA) is 75.0 Å². The number of fused-ring (bicyclic) bond motifs is 1. The number of carbonyl (C=O) groups is 1. The van der Waals surface area contributed by atoms with Crippen LogP contribution in [0.1, 0.15) is 40.2 Å². The second-order valence-electron chi connectivity index (χ2n) is 7.82. The zero-order valence-electron chi connectivity index (χ0n) is 18.4. The maximum atomic E-state index is 13.3. The van der Waals surface area contributed by atoms with Crippen LogP contribution in [0.5, 0.6) is 5.75 Å². The standard InChI is InChI=1S/C26H23N3O2S/c1-15(2)31-19-9-7-8-18(12-19)24-13-21(20-10-5-6-11-23(20)28-24)25(30)29-26-22(14-27)16(3)17(4)32-26/h5-13,15H,1-4H3,(H,29,30). The third kappa shape index (κ3) is 4.20. The molecular formula is C26H23N3O2S. The minimum absolute atomic E-state index is 0.0585. The Kier molecular flexibility index (Phi) is 5.93. The van der Waals surface area contributed by atoms with Crippen LogP contribution in [0.15, 0.2) is 54.6 Å². The molecule has 1 amide bonds. The molecule has 6 heteroatoms. The van der Waals surface area contributed by atoms with E-state index in [1.54, 1.807) is 6.07 Å². The van der Waals surface area contributed by atoms with Gasteiger partial charge in [0.15, 0.2) is 0 Å². The number of hydrogen-bond acceptors (Lipinski definition) is 5. The summed E-state index contributed by atoms with van der Waals surface area (Å²) in [5, 5.41) is 13.8. The van der Waals surface area contributed by atoms with Crippen LogP contribution in [0.2, 0.25) is 0 Å². The summed E-state index contributed by atoms with van der Waals surface area (Å²) < 4.78 is 5.82. The predicted octanol–water partition coefficient (Wildman–Crippen LogP) is 6.49. The van der Waals surface area contributed by atoms with E-state index in [9.17, 15) is 10.1 Å². The minimum Gasteiger partial charge on any atom is -0.491 e. The van der Waals surface area contributed by atoms with Gasteiger partial charge >= 0.3 is 0 Å². The first kappa shape index (κ1) is 21.5. The number of anilines is 1. The summed E-state index contributed by atoms with van der Waals surface area (Å²) >= 11 is 1.42. The Balaban J connectivity index is 1.79. The van der Waals surface area contributed by atoms with E-state index in [0.717, 1.165) is 32.7 Å². The average Bonchev–Trinajstić information content (AvgIpc) is 3.04. The van der Waals surface area contributed by atoms with Crippen LogP contribution < -0.4 is 10.1 Å². The van der Waals surface area contributed by atoms with E-state index in [4.69, 9.17) is 9.72 Å². The Morgan fingerprint density at radius 1 is 1.12 bits per heavy atom. The molecule has 4 aromatic rings. The molecule has 2 aromatic heterocycles. The summed E-state index contributed by atoms with van der Waals surface area (Å²) in [4.78, 5) is 19.1. The molecule has 0 aliphatic rings. The number of benzene rings is 2. The zero-order valence-corrected chi connectivity index (χ0v) is 19.2. The van der Waals surface area contributed by atoms with Gasteiger partial charge in [-0.25, -0.2) is 4.98 Å². The average molecular weight is 442 g/mol. The van der Waals surface area contributed by atoms with E-state index >= 15 is 0 Å². The second kappa shape index (κ2) is 8.81. The van der Waals surface area contributed by atoms with Crippen molar-refractivity contribution < 1.29 is 9.53 Å². The van der Waals surface area contributed by atoms with Crippen LogP contribution >= 0.6 is 11.3 Å². The highest BCUT2D eigenvalue weighted by molar-refractivity contribution is 7.16. The predicted molar refractivity (Wildman–Crippen MR) is 129 cm³/mol. The molecule has 32 heavy (non-hydrogen) atoms. The van der Waals surface area contributed by atoms with E-state index in [1.807, 2.05) is 76.2 Å². The summed E-state index contributed by atoms with van der Waals surface area (Å²) in [6.07, 6.45) is 0.0585. The molecule has 4 rings (SSSR count). The van der Waals surface area contributed by atoms with Crippen molar-refractivity contribution in [2.45, 2.75) is 33.8 Å². The van der Waals surface area contributed by atoms with Gasteiger partial charge in [0.2, 0.25) is 0 Å². The molecule has 0 unspecified atom stereocenters. The number of nitrogens with one attached hydrogen (secondary N) is 1. The number of aromatic nitrogens is 1. The number of ether oxygens (including phenoxy) is 1. The summed E-state index contributed by atoms with van der Waals surface area (Å²) in [5.74, 6) is 0.485. The first-order chi connectivity index (χ1) is 15.4. The van der Waals surface area contributed by atoms with Crippen molar-refractivity contribution >= 4 is 33.1 Å². The second-order valence-corrected chi connectivity index (χ2v) is 9.04. The smallest absolute Gasteiger partial charge is 0.257 e. The third-order valence-electron chi connectivity index (χ3n) is 5.19. The molecule has 1 N–H and O–H groups in total. The fourth-order valence-electron chi connectivity index (χ4n) is 3.53. The van der Waals surface area contributed by atoms with Gasteiger partial charge in [0.1, 0.15) is 16.8 Å². The summed E-state index contributed by atoms with van der Waals surface area (Å²) in [7, 11) is 0. The maximum absolute atomic E-state index is 13.3. The number of carbonyl (C=O) groups excluding carboxylic acids is 1. The van der Waals surface area contributed by atoms with Gasteiger partial charge in [-0.15, -0.1) is 11.3 Å². The van der Waals surface area contributed by atoms with E-state index in [2.05, 4.69) is 11.4 Å². The van der Waals surface area contributed by atoms with Gasteiger partial charge in [-0.1, -0.05) is 30.3 Å². The molecule has 0 saturated heterocycles. The Bertz CT molecular complexity index is 1370. The van der Waals surface area contributed by atoms with Gasteiger partial charge in [-0.3, -0.25) is 4.79 Å². The molecule has 0 radical (unpaired) electrons. The summed E-state index contributed by atoms with van der Waals surface area (Å²) in [5.41, 5.74) is 4.19. The highest BCUT2D eigenvalue weighted by Crippen LogP contribution is 2.33. The molecule has 0 fully saturated rings. The van der Waals surface area contributed by atoms with Crippen molar-refractivity contribution in [3.63, 3.8) is 0 Å². The first-order valence-electron chi connectivity index (χ1n) is 10.4. The van der Waals surface area contributed by atoms with Crippen LogP contribution in [0.3, 0.4) is 0 Å². The van der Waals surface area contributed by atoms with Crippen molar-refractivity contribution in [1.29, 1.82) is 5.26 Å². The van der Waals surface area contributed by atoms with Crippen LogP contribution in [-0.4, -0.2) is 17.0 Å². The number of hydrogen-bond donors (Lipinski definition) is 1. The largest absolute Gasteiger partial charge is 0.491 e. The van der Waals surface area contributed by atoms with Gasteiger partial charge in [-0.05, 0) is 57.5 Å². The van der Waals surface area contributed by atoms with E-state index in [-0.39, 0.29) is 12.0 Å². The highest BCUT2D eigenvalue weighted by Gasteiger charge is 2.19. The van der Waals surface area contributed by atoms with Gasteiger partial charge in [-0.2, -0.15) is 5.26 Å². The van der Waals surface area contributed by atoms with Crippen LogP contribution in [0, 0.1) is 25.2 Å². The van der Waals surface area contributed by atoms with E-state index in [0.29, 0.717) is 21.8 Å². The molecular weight excluding hydrogens is 418 g/mol. The summed E-state index contributed by atoms with van der Waals surface area (Å²) in [6.45, 7) is 7.80. The quantitative estimate of drug-likeness (QED) is 0.384. The fourth-order valence-corrected chi connectivity index (χ4v) is 4.54. The number of nitriles is 1. The lowest BCUT2D eigenvalue weighted by atomic mass is 10.0. The van der Waals surface area contributed by atoms with Crippen molar-refractivity contribution in [1.82, 2.24) is 4.98 Å². The summed E-state index contributed by atoms with van der Waals surface area (Å²) in [6, 6.07) is 19.3. The van der Waals surface area contributed by atoms with Crippen molar-refractivity contribution in [2.24, 2.45) is 0 Å². The molecule has 0 spiro atoms. The van der Waals surface area contributed by atoms with Crippen LogP contribution in [0.25, 0.3) is 22.2 Å². The van der Waals surface area contributed by atoms with Crippen LogP contribution in [0.4, 0.5) is 5.00 Å². The minimum atomic E-state index is -0.266. The van der Waals surface area contributed by atoms with Gasteiger partial charge in [0.05, 0.1) is 28.4 Å². The van der Waals surface area contributed by atoms with Crippen LogP contribution in [-0.2, 0) is 0 Å². The number of amides is 1. The number of thiophene rings is 1. The SMILES string of the molecule is Cc1sc(NC(=O)c2cc(-c3cccc(OC(C)C)c3)nc3ccccc23)c(C#N)c1C. The lowest BCUT2D eigenvalue weighted by Crippen LogP contribution is -2.13. The molecule has 0 saturated carbocycles. The van der Waals surface area contributed by atoms with E-state index in [1.165, 1.54) is 11.3 Å². The maximum Gasteiger partial charge on any atom is 0.257 e. The molecule has 5 nitrogen and oxygen atoms in total. The molecule has 2 heterocycles. The van der Waals surface area contributed by atoms with Gasteiger partial charge < -0.3 is 10.1 Å². The van der Waals surface area contributed by atoms with Crippen molar-refractivity contribution in [3.05, 3.63) is 76.2 Å². The molecule has 0 atom stereocenters. The highest BCUT2D eigenvalue weighted by atomic mass is 32.1. The van der Waals surface area contributed by atoms with Gasteiger partial charge in [0, 0.05) is 15.8 Å². The monoisotopic (exact) mass is 441 g/mol. The molecule has 0 bridgehead atoms. The number of pyridine rings is 1. The Morgan fingerprint density at radius 3 is 2.66 bits per heavy atom.